The van der Waals surface area contributed by atoms with Crippen LogP contribution in [0, 0.1) is 0 Å². The average molecular weight is 335 g/mol. The quantitative estimate of drug-likeness (QED) is 0.833. The van der Waals surface area contributed by atoms with Gasteiger partial charge in [-0.15, -0.1) is 0 Å². The van der Waals surface area contributed by atoms with Crippen LogP contribution >= 0.6 is 0 Å². The molecule has 0 radical (unpaired) electrons. The average Bonchev–Trinajstić information content (AvgIpc) is 2.96. The number of aryl methyl sites for hydroxylation is 1. The Morgan fingerprint density at radius 2 is 2.12 bits per heavy atom. The summed E-state index contributed by atoms with van der Waals surface area (Å²) in [6, 6.07) is 0.370. The van der Waals surface area contributed by atoms with Crippen LogP contribution in [-0.4, -0.2) is 70.4 Å². The van der Waals surface area contributed by atoms with Gasteiger partial charge in [-0.1, -0.05) is 0 Å². The number of aromatic nitrogens is 2. The fourth-order valence-electron chi connectivity index (χ4n) is 2.74. The van der Waals surface area contributed by atoms with E-state index in [2.05, 4.69) is 24.1 Å². The Kier molecular flexibility index (Phi) is 5.99. The first-order valence-corrected chi connectivity index (χ1v) is 8.62. The monoisotopic (exact) mass is 335 g/mol. The normalized spacial score (nSPS) is 17.0. The molecule has 0 spiro atoms. The number of carbonyl (C=O) groups excluding carboxylic acids is 2. The standard InChI is InChI=1S/C17H29N5O2/c1-6-20(4)17(24)14-9-18-15-8-7-13(10-22(14)15)19-16(23)11-21(5)12(2)3/h9,12-13H,6-8,10-11H2,1-5H3,(H,19,23). The molecule has 0 saturated carbocycles. The number of carbonyl (C=O) groups is 2. The zero-order valence-corrected chi connectivity index (χ0v) is 15.4. The Hall–Kier alpha value is -1.89. The van der Waals surface area contributed by atoms with Crippen molar-refractivity contribution in [1.82, 2.24) is 24.7 Å². The van der Waals surface area contributed by atoms with Gasteiger partial charge in [0.15, 0.2) is 0 Å². The summed E-state index contributed by atoms with van der Waals surface area (Å²) in [5, 5.41) is 3.09. The molecule has 7 heteroatoms. The Bertz CT molecular complexity index is 596. The lowest BCUT2D eigenvalue weighted by Crippen LogP contribution is -2.46. The van der Waals surface area contributed by atoms with E-state index in [1.165, 1.54) is 0 Å². The molecule has 0 aromatic carbocycles. The highest BCUT2D eigenvalue weighted by atomic mass is 16.2. The fourth-order valence-corrected chi connectivity index (χ4v) is 2.74. The first kappa shape index (κ1) is 18.4. The predicted molar refractivity (Wildman–Crippen MR) is 92.9 cm³/mol. The number of hydrogen-bond acceptors (Lipinski definition) is 4. The Labute approximate surface area is 144 Å². The maximum absolute atomic E-state index is 12.4. The van der Waals surface area contributed by atoms with Crippen molar-refractivity contribution < 1.29 is 9.59 Å². The highest BCUT2D eigenvalue weighted by Gasteiger charge is 2.26. The molecule has 0 aliphatic carbocycles. The molecule has 7 nitrogen and oxygen atoms in total. The van der Waals surface area contributed by atoms with Crippen molar-refractivity contribution in [3.63, 3.8) is 0 Å². The number of hydrogen-bond donors (Lipinski definition) is 1. The topological polar surface area (TPSA) is 70.5 Å². The molecular weight excluding hydrogens is 306 g/mol. The summed E-state index contributed by atoms with van der Waals surface area (Å²) in [5.74, 6) is 0.925. The number of nitrogens with one attached hydrogen (secondary N) is 1. The van der Waals surface area contributed by atoms with Gasteiger partial charge in [-0.05, 0) is 34.2 Å². The van der Waals surface area contributed by atoms with Crippen LogP contribution in [0.4, 0.5) is 0 Å². The molecule has 1 aromatic heterocycles. The van der Waals surface area contributed by atoms with E-state index in [0.717, 1.165) is 18.7 Å². The molecule has 2 rings (SSSR count). The minimum atomic E-state index is -0.0252. The third-order valence-electron chi connectivity index (χ3n) is 4.74. The van der Waals surface area contributed by atoms with Gasteiger partial charge in [-0.25, -0.2) is 4.98 Å². The number of imidazole rings is 1. The van der Waals surface area contributed by atoms with Crippen molar-refractivity contribution in [2.75, 3.05) is 27.2 Å². The van der Waals surface area contributed by atoms with Crippen LogP contribution in [0.5, 0.6) is 0 Å². The number of fused-ring (bicyclic) bond motifs is 1. The van der Waals surface area contributed by atoms with Crippen molar-refractivity contribution >= 4 is 11.8 Å². The van der Waals surface area contributed by atoms with Crippen LogP contribution in [0.15, 0.2) is 6.20 Å². The van der Waals surface area contributed by atoms with E-state index in [4.69, 9.17) is 0 Å². The molecule has 24 heavy (non-hydrogen) atoms. The van der Waals surface area contributed by atoms with E-state index in [9.17, 15) is 9.59 Å². The van der Waals surface area contributed by atoms with E-state index >= 15 is 0 Å². The van der Waals surface area contributed by atoms with Gasteiger partial charge in [0.05, 0.1) is 12.7 Å². The largest absolute Gasteiger partial charge is 0.350 e. The van der Waals surface area contributed by atoms with Crippen molar-refractivity contribution in [3.8, 4) is 0 Å². The highest BCUT2D eigenvalue weighted by molar-refractivity contribution is 5.92. The second-order valence-corrected chi connectivity index (χ2v) is 6.80. The minimum Gasteiger partial charge on any atom is -0.350 e. The van der Waals surface area contributed by atoms with E-state index in [1.807, 2.05) is 23.4 Å². The summed E-state index contributed by atoms with van der Waals surface area (Å²) in [6.07, 6.45) is 3.28. The molecule has 2 amide bonds. The number of amides is 2. The number of likely N-dealkylation sites (N-methyl/N-ethyl adjacent to an activating group) is 1. The van der Waals surface area contributed by atoms with Crippen molar-refractivity contribution in [1.29, 1.82) is 0 Å². The van der Waals surface area contributed by atoms with Gasteiger partial charge in [0.1, 0.15) is 11.5 Å². The SMILES string of the molecule is CCN(C)C(=O)c1cnc2n1CC(NC(=O)CN(C)C(C)C)CC2. The molecule has 1 atom stereocenters. The molecule has 1 N–H and O–H groups in total. The molecule has 1 aliphatic rings. The highest BCUT2D eigenvalue weighted by Crippen LogP contribution is 2.18. The first-order chi connectivity index (χ1) is 11.3. The molecule has 0 saturated heterocycles. The van der Waals surface area contributed by atoms with E-state index < -0.39 is 0 Å². The molecule has 1 aromatic rings. The van der Waals surface area contributed by atoms with Crippen molar-refractivity contribution in [2.24, 2.45) is 0 Å². The van der Waals surface area contributed by atoms with E-state index in [0.29, 0.717) is 31.4 Å². The zero-order valence-electron chi connectivity index (χ0n) is 15.4. The van der Waals surface area contributed by atoms with Gasteiger partial charge in [0, 0.05) is 38.6 Å². The second-order valence-electron chi connectivity index (χ2n) is 6.80. The van der Waals surface area contributed by atoms with E-state index in [1.54, 1.807) is 18.1 Å². The molecule has 0 fully saturated rings. The van der Waals surface area contributed by atoms with Crippen LogP contribution in [0.1, 0.15) is 43.5 Å². The molecule has 1 aliphatic heterocycles. The van der Waals surface area contributed by atoms with Gasteiger partial charge < -0.3 is 14.8 Å². The lowest BCUT2D eigenvalue weighted by molar-refractivity contribution is -0.123. The van der Waals surface area contributed by atoms with Crippen LogP contribution in [-0.2, 0) is 17.8 Å². The summed E-state index contributed by atoms with van der Waals surface area (Å²) in [7, 11) is 3.72. The Morgan fingerprint density at radius 3 is 2.75 bits per heavy atom. The summed E-state index contributed by atoms with van der Waals surface area (Å²) < 4.78 is 1.95. The molecule has 134 valence electrons. The second kappa shape index (κ2) is 7.79. The van der Waals surface area contributed by atoms with Gasteiger partial charge in [-0.2, -0.15) is 0 Å². The molecule has 0 bridgehead atoms. The lowest BCUT2D eigenvalue weighted by atomic mass is 10.1. The summed E-state index contributed by atoms with van der Waals surface area (Å²) in [5.41, 5.74) is 0.604. The maximum Gasteiger partial charge on any atom is 0.271 e. The third kappa shape index (κ3) is 4.14. The van der Waals surface area contributed by atoms with Gasteiger partial charge >= 0.3 is 0 Å². The summed E-state index contributed by atoms with van der Waals surface area (Å²) in [4.78, 5) is 32.7. The van der Waals surface area contributed by atoms with E-state index in [-0.39, 0.29) is 17.9 Å². The smallest absolute Gasteiger partial charge is 0.271 e. The summed E-state index contributed by atoms with van der Waals surface area (Å²) >= 11 is 0. The zero-order chi connectivity index (χ0) is 17.9. The first-order valence-electron chi connectivity index (χ1n) is 8.62. The van der Waals surface area contributed by atoms with Gasteiger partial charge in [0.25, 0.3) is 5.91 Å². The maximum atomic E-state index is 12.4. The Balaban J connectivity index is 2.02. The van der Waals surface area contributed by atoms with Gasteiger partial charge in [0.2, 0.25) is 5.91 Å². The van der Waals surface area contributed by atoms with Crippen LogP contribution in [0.2, 0.25) is 0 Å². The number of rotatable bonds is 6. The summed E-state index contributed by atoms with van der Waals surface area (Å²) in [6.45, 7) is 7.71. The Morgan fingerprint density at radius 1 is 1.42 bits per heavy atom. The van der Waals surface area contributed by atoms with Crippen molar-refractivity contribution in [2.45, 2.75) is 52.2 Å². The van der Waals surface area contributed by atoms with Crippen LogP contribution in [0.25, 0.3) is 0 Å². The predicted octanol–water partition coefficient (Wildman–Crippen LogP) is 0.746. The third-order valence-corrected chi connectivity index (χ3v) is 4.74. The lowest BCUT2D eigenvalue weighted by Gasteiger charge is -2.28. The number of nitrogens with zero attached hydrogens (tertiary/aromatic N) is 4. The van der Waals surface area contributed by atoms with Crippen LogP contribution < -0.4 is 5.32 Å². The van der Waals surface area contributed by atoms with Crippen LogP contribution in [0.3, 0.4) is 0 Å². The molecule has 2 heterocycles. The fraction of sp³-hybridized carbons (Fsp3) is 0.706. The molecular formula is C17H29N5O2. The minimum absolute atomic E-state index is 0.0252. The van der Waals surface area contributed by atoms with Gasteiger partial charge in [-0.3, -0.25) is 14.5 Å². The van der Waals surface area contributed by atoms with Crippen molar-refractivity contribution in [3.05, 3.63) is 17.7 Å². The molecule has 1 unspecified atom stereocenters.